The molecule has 0 fully saturated rings. The standard InChI is InChI=1S/C13H15Br2N3/c1-3-6-18-8-9(2)16-13(18)17-12-5-4-10(14)7-11(12)15/h4-5,7-8H,3,6H2,1-2H3,(H,16,17). The first-order valence-corrected chi connectivity index (χ1v) is 7.44. The minimum Gasteiger partial charge on any atom is -0.325 e. The third-order valence-electron chi connectivity index (χ3n) is 2.54. The molecular formula is C13H15Br2N3. The zero-order valence-corrected chi connectivity index (χ0v) is 13.5. The van der Waals surface area contributed by atoms with E-state index >= 15 is 0 Å². The summed E-state index contributed by atoms with van der Waals surface area (Å²) >= 11 is 6.99. The SMILES string of the molecule is CCCn1cc(C)nc1Nc1ccc(Br)cc1Br. The van der Waals surface area contributed by atoms with Crippen LogP contribution in [0.3, 0.4) is 0 Å². The summed E-state index contributed by atoms with van der Waals surface area (Å²) in [5.74, 6) is 0.886. The van der Waals surface area contributed by atoms with Crippen LogP contribution in [-0.4, -0.2) is 9.55 Å². The van der Waals surface area contributed by atoms with Crippen LogP contribution in [0.1, 0.15) is 19.0 Å². The van der Waals surface area contributed by atoms with Crippen molar-refractivity contribution in [3.05, 3.63) is 39.0 Å². The van der Waals surface area contributed by atoms with Crippen molar-refractivity contribution in [1.82, 2.24) is 9.55 Å². The second-order valence-corrected chi connectivity index (χ2v) is 5.92. The molecule has 0 amide bonds. The molecule has 0 spiro atoms. The number of imidazole rings is 1. The molecule has 0 aliphatic carbocycles. The quantitative estimate of drug-likeness (QED) is 0.829. The lowest BCUT2D eigenvalue weighted by Gasteiger charge is -2.10. The maximum atomic E-state index is 4.51. The van der Waals surface area contributed by atoms with Crippen LogP contribution in [0.4, 0.5) is 11.6 Å². The van der Waals surface area contributed by atoms with Gasteiger partial charge in [-0.3, -0.25) is 0 Å². The highest BCUT2D eigenvalue weighted by molar-refractivity contribution is 9.11. The largest absolute Gasteiger partial charge is 0.325 e. The molecule has 3 nitrogen and oxygen atoms in total. The highest BCUT2D eigenvalue weighted by Crippen LogP contribution is 2.28. The van der Waals surface area contributed by atoms with E-state index in [9.17, 15) is 0 Å². The predicted octanol–water partition coefficient (Wildman–Crippen LogP) is 4.87. The molecule has 0 atom stereocenters. The van der Waals surface area contributed by atoms with Crippen LogP contribution in [0.15, 0.2) is 33.3 Å². The lowest BCUT2D eigenvalue weighted by molar-refractivity contribution is 0.686. The second-order valence-electron chi connectivity index (χ2n) is 4.15. The van der Waals surface area contributed by atoms with Gasteiger partial charge < -0.3 is 9.88 Å². The van der Waals surface area contributed by atoms with Crippen molar-refractivity contribution in [2.24, 2.45) is 0 Å². The van der Waals surface area contributed by atoms with Crippen molar-refractivity contribution in [2.75, 3.05) is 5.32 Å². The highest BCUT2D eigenvalue weighted by Gasteiger charge is 2.07. The molecule has 1 aromatic heterocycles. The Labute approximate surface area is 124 Å². The minimum absolute atomic E-state index is 0.886. The summed E-state index contributed by atoms with van der Waals surface area (Å²) in [7, 11) is 0. The van der Waals surface area contributed by atoms with Gasteiger partial charge in [-0.05, 0) is 47.5 Å². The van der Waals surface area contributed by atoms with Gasteiger partial charge in [-0.25, -0.2) is 4.98 Å². The third-order valence-corrected chi connectivity index (χ3v) is 3.69. The van der Waals surface area contributed by atoms with Crippen LogP contribution in [0, 0.1) is 6.92 Å². The lowest BCUT2D eigenvalue weighted by atomic mass is 10.3. The zero-order chi connectivity index (χ0) is 13.1. The lowest BCUT2D eigenvalue weighted by Crippen LogP contribution is -2.03. The molecule has 1 N–H and O–H groups in total. The van der Waals surface area contributed by atoms with E-state index < -0.39 is 0 Å². The Balaban J connectivity index is 2.27. The number of nitrogens with one attached hydrogen (secondary N) is 1. The number of hydrogen-bond donors (Lipinski definition) is 1. The average Bonchev–Trinajstić information content (AvgIpc) is 2.64. The van der Waals surface area contributed by atoms with Crippen molar-refractivity contribution < 1.29 is 0 Å². The van der Waals surface area contributed by atoms with Crippen molar-refractivity contribution in [2.45, 2.75) is 26.8 Å². The molecule has 0 radical (unpaired) electrons. The molecule has 2 rings (SSSR count). The molecule has 5 heteroatoms. The van der Waals surface area contributed by atoms with Crippen molar-refractivity contribution in [3.8, 4) is 0 Å². The number of halogens is 2. The van der Waals surface area contributed by atoms with Crippen molar-refractivity contribution in [3.63, 3.8) is 0 Å². The minimum atomic E-state index is 0.886. The molecule has 0 aliphatic heterocycles. The third kappa shape index (κ3) is 3.14. The van der Waals surface area contributed by atoms with E-state index in [1.165, 1.54) is 0 Å². The van der Waals surface area contributed by atoms with Gasteiger partial charge >= 0.3 is 0 Å². The Morgan fingerprint density at radius 2 is 2.11 bits per heavy atom. The smallest absolute Gasteiger partial charge is 0.207 e. The molecule has 18 heavy (non-hydrogen) atoms. The fourth-order valence-corrected chi connectivity index (χ4v) is 2.92. The van der Waals surface area contributed by atoms with Gasteiger partial charge in [-0.1, -0.05) is 22.9 Å². The van der Waals surface area contributed by atoms with Crippen LogP contribution in [0.2, 0.25) is 0 Å². The average molecular weight is 373 g/mol. The Kier molecular flexibility index (Phi) is 4.45. The van der Waals surface area contributed by atoms with E-state index in [4.69, 9.17) is 0 Å². The number of nitrogens with zero attached hydrogens (tertiary/aromatic N) is 2. The summed E-state index contributed by atoms with van der Waals surface area (Å²) < 4.78 is 4.21. The summed E-state index contributed by atoms with van der Waals surface area (Å²) in [5.41, 5.74) is 2.04. The summed E-state index contributed by atoms with van der Waals surface area (Å²) in [6.07, 6.45) is 3.16. The molecular weight excluding hydrogens is 358 g/mol. The van der Waals surface area contributed by atoms with Crippen molar-refractivity contribution >= 4 is 43.5 Å². The van der Waals surface area contributed by atoms with E-state index in [0.717, 1.165) is 39.2 Å². The molecule has 0 aliphatic rings. The number of benzene rings is 1. The number of hydrogen-bond acceptors (Lipinski definition) is 2. The second kappa shape index (κ2) is 5.89. The van der Waals surface area contributed by atoms with Gasteiger partial charge in [0, 0.05) is 21.7 Å². The van der Waals surface area contributed by atoms with Gasteiger partial charge in [0.05, 0.1) is 11.4 Å². The van der Waals surface area contributed by atoms with Crippen LogP contribution in [-0.2, 0) is 6.54 Å². The zero-order valence-electron chi connectivity index (χ0n) is 10.4. The van der Waals surface area contributed by atoms with E-state index in [-0.39, 0.29) is 0 Å². The van der Waals surface area contributed by atoms with Gasteiger partial charge in [0.2, 0.25) is 5.95 Å². The summed E-state index contributed by atoms with van der Waals surface area (Å²) in [6, 6.07) is 6.05. The molecule has 96 valence electrons. The van der Waals surface area contributed by atoms with Gasteiger partial charge in [0.15, 0.2) is 0 Å². The van der Waals surface area contributed by atoms with Crippen LogP contribution in [0.5, 0.6) is 0 Å². The molecule has 1 aromatic carbocycles. The van der Waals surface area contributed by atoms with Gasteiger partial charge in [-0.2, -0.15) is 0 Å². The first-order valence-electron chi connectivity index (χ1n) is 5.86. The van der Waals surface area contributed by atoms with Crippen molar-refractivity contribution in [1.29, 1.82) is 0 Å². The predicted molar refractivity (Wildman–Crippen MR) is 82.4 cm³/mol. The first-order chi connectivity index (χ1) is 8.60. The topological polar surface area (TPSA) is 29.9 Å². The van der Waals surface area contributed by atoms with E-state index in [1.807, 2.05) is 25.1 Å². The normalized spacial score (nSPS) is 10.7. The number of rotatable bonds is 4. The van der Waals surface area contributed by atoms with E-state index in [1.54, 1.807) is 0 Å². The maximum Gasteiger partial charge on any atom is 0.207 e. The number of anilines is 2. The Morgan fingerprint density at radius 1 is 1.33 bits per heavy atom. The number of aromatic nitrogens is 2. The molecule has 0 saturated carbocycles. The fraction of sp³-hybridized carbons (Fsp3) is 0.308. The molecule has 0 unspecified atom stereocenters. The fourth-order valence-electron chi connectivity index (χ4n) is 1.77. The molecule has 0 bridgehead atoms. The molecule has 2 aromatic rings. The van der Waals surface area contributed by atoms with Crippen LogP contribution < -0.4 is 5.32 Å². The summed E-state index contributed by atoms with van der Waals surface area (Å²) in [4.78, 5) is 4.51. The maximum absolute atomic E-state index is 4.51. The van der Waals surface area contributed by atoms with Gasteiger partial charge in [0.1, 0.15) is 0 Å². The van der Waals surface area contributed by atoms with Gasteiger partial charge in [0.25, 0.3) is 0 Å². The molecule has 1 heterocycles. The number of aryl methyl sites for hydroxylation is 2. The van der Waals surface area contributed by atoms with Crippen LogP contribution in [0.25, 0.3) is 0 Å². The summed E-state index contributed by atoms with van der Waals surface area (Å²) in [5, 5.41) is 3.36. The Morgan fingerprint density at radius 3 is 2.78 bits per heavy atom. The summed E-state index contributed by atoms with van der Waals surface area (Å²) in [6.45, 7) is 5.14. The monoisotopic (exact) mass is 371 g/mol. The van der Waals surface area contributed by atoms with Crippen LogP contribution >= 0.6 is 31.9 Å². The van der Waals surface area contributed by atoms with E-state index in [2.05, 4.69) is 59.8 Å². The van der Waals surface area contributed by atoms with Gasteiger partial charge in [-0.15, -0.1) is 0 Å². The Bertz CT molecular complexity index is 549. The first kappa shape index (κ1) is 13.6. The molecule has 0 saturated heterocycles. The highest BCUT2D eigenvalue weighted by atomic mass is 79.9. The Hall–Kier alpha value is -0.810. The van der Waals surface area contributed by atoms with E-state index in [0.29, 0.717) is 0 Å².